The number of hydrogen-bond donors (Lipinski definition) is 5. The summed E-state index contributed by atoms with van der Waals surface area (Å²) >= 11 is 0. The zero-order valence-corrected chi connectivity index (χ0v) is 27.8. The lowest BCUT2D eigenvalue weighted by Gasteiger charge is -2.48. The van der Waals surface area contributed by atoms with Gasteiger partial charge < -0.3 is 31.5 Å². The Bertz CT molecular complexity index is 1630. The van der Waals surface area contributed by atoms with Crippen LogP contribution in [0.5, 0.6) is 0 Å². The van der Waals surface area contributed by atoms with Gasteiger partial charge in [-0.15, -0.1) is 0 Å². The van der Waals surface area contributed by atoms with Crippen molar-refractivity contribution in [1.82, 2.24) is 10.6 Å². The first-order valence-corrected chi connectivity index (χ1v) is 15.7. The number of alkyl carbamates (subject to hydrolysis) is 1. The molecule has 3 aromatic carbocycles. The third-order valence-corrected chi connectivity index (χ3v) is 8.74. The summed E-state index contributed by atoms with van der Waals surface area (Å²) in [5.41, 5.74) is 6.10. The highest BCUT2D eigenvalue weighted by Crippen LogP contribution is 2.46. The van der Waals surface area contributed by atoms with Crippen molar-refractivity contribution in [2.24, 2.45) is 11.3 Å². The molecule has 0 radical (unpaired) electrons. The topological polar surface area (TPSA) is 163 Å². The van der Waals surface area contributed by atoms with Crippen LogP contribution in [0.1, 0.15) is 53.5 Å². The number of aliphatic hydroxyl groups excluding tert-OH is 1. The SMILES string of the molecule is CC(C)(C)OC(=O)NC(C)(C)C(C)(C(=O)N(C(=O)NCCO)c1ccc(-c2ccccc2N)cc1)[C@H]1CCc2ccccc2NC1=O. The number of nitrogens with one attached hydrogen (secondary N) is 3. The van der Waals surface area contributed by atoms with E-state index in [-0.39, 0.29) is 25.3 Å². The van der Waals surface area contributed by atoms with Crippen LogP contribution >= 0.6 is 0 Å². The van der Waals surface area contributed by atoms with Crippen molar-refractivity contribution in [2.45, 2.75) is 65.5 Å². The Morgan fingerprint density at radius 3 is 2.23 bits per heavy atom. The largest absolute Gasteiger partial charge is 0.444 e. The predicted molar refractivity (Wildman–Crippen MR) is 183 cm³/mol. The highest BCUT2D eigenvalue weighted by molar-refractivity contribution is 6.18. The Labute approximate surface area is 275 Å². The molecule has 4 rings (SSSR count). The molecule has 0 spiro atoms. The number of aryl methyl sites for hydroxylation is 1. The van der Waals surface area contributed by atoms with Crippen molar-refractivity contribution < 1.29 is 29.0 Å². The fourth-order valence-corrected chi connectivity index (χ4v) is 5.95. The lowest BCUT2D eigenvalue weighted by atomic mass is 9.61. The van der Waals surface area contributed by atoms with Crippen LogP contribution in [0.25, 0.3) is 11.1 Å². The molecule has 1 aliphatic rings. The van der Waals surface area contributed by atoms with E-state index in [1.807, 2.05) is 36.4 Å². The van der Waals surface area contributed by atoms with Crippen molar-refractivity contribution in [3.8, 4) is 11.1 Å². The number of urea groups is 1. The molecule has 0 fully saturated rings. The molecule has 5 amide bonds. The van der Waals surface area contributed by atoms with E-state index in [9.17, 15) is 19.5 Å². The van der Waals surface area contributed by atoms with Gasteiger partial charge >= 0.3 is 12.1 Å². The van der Waals surface area contributed by atoms with E-state index in [0.717, 1.165) is 21.6 Å². The summed E-state index contributed by atoms with van der Waals surface area (Å²) in [5, 5.41) is 17.9. The number of nitrogens with zero attached hydrogens (tertiary/aromatic N) is 1. The molecule has 0 saturated carbocycles. The number of ether oxygens (including phenoxy) is 1. The highest BCUT2D eigenvalue weighted by atomic mass is 16.6. The van der Waals surface area contributed by atoms with Gasteiger partial charge in [-0.05, 0) is 89.8 Å². The second-order valence-corrected chi connectivity index (χ2v) is 13.4. The van der Waals surface area contributed by atoms with E-state index in [1.165, 1.54) is 0 Å². The Hall–Kier alpha value is -4.90. The molecule has 0 aromatic heterocycles. The summed E-state index contributed by atoms with van der Waals surface area (Å²) in [6.45, 7) is 9.58. The van der Waals surface area contributed by atoms with E-state index in [2.05, 4.69) is 16.0 Å². The minimum Gasteiger partial charge on any atom is -0.444 e. The molecule has 1 unspecified atom stereocenters. The van der Waals surface area contributed by atoms with Crippen molar-refractivity contribution in [2.75, 3.05) is 29.1 Å². The zero-order chi connectivity index (χ0) is 34.6. The first kappa shape index (κ1) is 35.0. The van der Waals surface area contributed by atoms with E-state index < -0.39 is 46.4 Å². The molecule has 1 heterocycles. The van der Waals surface area contributed by atoms with Crippen LogP contribution in [0, 0.1) is 11.3 Å². The number of carbonyl (C=O) groups excluding carboxylic acids is 4. The third kappa shape index (κ3) is 7.57. The first-order chi connectivity index (χ1) is 22.1. The number of para-hydroxylation sites is 2. The van der Waals surface area contributed by atoms with Gasteiger partial charge in [0.25, 0.3) is 0 Å². The zero-order valence-electron chi connectivity index (χ0n) is 27.8. The Kier molecular flexibility index (Phi) is 10.3. The minimum absolute atomic E-state index is 0.114. The number of nitrogen functional groups attached to an aromatic ring is 1. The average molecular weight is 644 g/mol. The summed E-state index contributed by atoms with van der Waals surface area (Å²) in [7, 11) is 0. The molecule has 11 heteroatoms. The van der Waals surface area contributed by atoms with Crippen LogP contribution in [-0.2, 0) is 20.7 Å². The van der Waals surface area contributed by atoms with Gasteiger partial charge in [-0.25, -0.2) is 14.5 Å². The maximum Gasteiger partial charge on any atom is 0.408 e. The Morgan fingerprint density at radius 2 is 1.60 bits per heavy atom. The predicted octanol–water partition coefficient (Wildman–Crippen LogP) is 5.48. The molecular formula is C36H45N5O6. The van der Waals surface area contributed by atoms with E-state index in [1.54, 1.807) is 77.9 Å². The van der Waals surface area contributed by atoms with Crippen LogP contribution in [0.15, 0.2) is 72.8 Å². The molecule has 1 aliphatic heterocycles. The number of carbonyl (C=O) groups is 4. The molecule has 11 nitrogen and oxygen atoms in total. The average Bonchev–Trinajstić information content (AvgIpc) is 3.17. The number of benzene rings is 3. The second-order valence-electron chi connectivity index (χ2n) is 13.4. The number of aliphatic hydroxyl groups is 1. The number of amides is 5. The number of anilines is 3. The van der Waals surface area contributed by atoms with Crippen LogP contribution in [0.3, 0.4) is 0 Å². The monoisotopic (exact) mass is 643 g/mol. The molecule has 2 atom stereocenters. The quantitative estimate of drug-likeness (QED) is 0.203. The number of nitrogens with two attached hydrogens (primary N) is 1. The molecule has 0 bridgehead atoms. The number of imide groups is 1. The van der Waals surface area contributed by atoms with Gasteiger partial charge in [0.05, 0.1) is 29.2 Å². The smallest absolute Gasteiger partial charge is 0.408 e. The first-order valence-electron chi connectivity index (χ1n) is 15.7. The normalized spacial score (nSPS) is 16.1. The lowest BCUT2D eigenvalue weighted by molar-refractivity contribution is -0.142. The summed E-state index contributed by atoms with van der Waals surface area (Å²) in [6.07, 6.45) is -0.0579. The van der Waals surface area contributed by atoms with Gasteiger partial charge in [0, 0.05) is 23.5 Å². The van der Waals surface area contributed by atoms with Crippen molar-refractivity contribution in [1.29, 1.82) is 0 Å². The highest BCUT2D eigenvalue weighted by Gasteiger charge is 2.58. The maximum atomic E-state index is 15.1. The molecule has 3 aromatic rings. The maximum absolute atomic E-state index is 15.1. The van der Waals surface area contributed by atoms with Crippen LogP contribution < -0.4 is 26.6 Å². The van der Waals surface area contributed by atoms with Crippen LogP contribution in [-0.4, -0.2) is 53.3 Å². The molecular weight excluding hydrogens is 598 g/mol. The van der Waals surface area contributed by atoms with Crippen molar-refractivity contribution >= 4 is 41.0 Å². The van der Waals surface area contributed by atoms with Crippen molar-refractivity contribution in [3.63, 3.8) is 0 Å². The van der Waals surface area contributed by atoms with Crippen molar-refractivity contribution in [3.05, 3.63) is 78.4 Å². The summed E-state index contributed by atoms with van der Waals surface area (Å²) < 4.78 is 5.56. The second kappa shape index (κ2) is 13.8. The summed E-state index contributed by atoms with van der Waals surface area (Å²) in [4.78, 5) is 57.1. The van der Waals surface area contributed by atoms with Gasteiger partial charge in [0.1, 0.15) is 5.60 Å². The molecule has 0 aliphatic carbocycles. The molecule has 0 saturated heterocycles. The molecule has 47 heavy (non-hydrogen) atoms. The van der Waals surface area contributed by atoms with Crippen LogP contribution in [0.4, 0.5) is 26.7 Å². The van der Waals surface area contributed by atoms with Gasteiger partial charge in [-0.2, -0.15) is 0 Å². The fourth-order valence-electron chi connectivity index (χ4n) is 5.95. The van der Waals surface area contributed by atoms with Gasteiger partial charge in [0.15, 0.2) is 0 Å². The fraction of sp³-hybridized carbons (Fsp3) is 0.389. The number of rotatable bonds is 8. The molecule has 6 N–H and O–H groups in total. The minimum atomic E-state index is -1.71. The summed E-state index contributed by atoms with van der Waals surface area (Å²) in [5.74, 6) is -2.15. The van der Waals surface area contributed by atoms with E-state index in [0.29, 0.717) is 17.8 Å². The van der Waals surface area contributed by atoms with Gasteiger partial charge in [-0.3, -0.25) is 9.59 Å². The molecule has 250 valence electrons. The number of fused-ring (bicyclic) bond motifs is 1. The summed E-state index contributed by atoms with van der Waals surface area (Å²) in [6, 6.07) is 20.7. The van der Waals surface area contributed by atoms with Crippen LogP contribution in [0.2, 0.25) is 0 Å². The van der Waals surface area contributed by atoms with Gasteiger partial charge in [-0.1, -0.05) is 48.5 Å². The Balaban J connectivity index is 1.84. The Morgan fingerprint density at radius 1 is 0.957 bits per heavy atom. The number of hydrogen-bond acceptors (Lipinski definition) is 7. The third-order valence-electron chi connectivity index (χ3n) is 8.74. The standard InChI is InChI=1S/C36H45N5O6/c1-34(2,3)47-33(46)40-35(4,5)36(6,27-20-17-24-11-7-10-14-29(24)39-30(27)43)31(44)41(32(45)38-21-22-42)25-18-15-23(16-19-25)26-12-8-9-13-28(26)37/h7-16,18-19,27,42H,17,20-22,37H2,1-6H3,(H,38,45)(H,39,43)(H,40,46)/t27-,36?/m0/s1. The van der Waals surface area contributed by atoms with Gasteiger partial charge in [0.2, 0.25) is 11.8 Å². The lowest BCUT2D eigenvalue weighted by Crippen LogP contribution is -2.67. The van der Waals surface area contributed by atoms with E-state index in [4.69, 9.17) is 10.5 Å². The van der Waals surface area contributed by atoms with E-state index >= 15 is 4.79 Å².